The molecular weight excluding hydrogens is 258 g/mol. The van der Waals surface area contributed by atoms with E-state index in [1.54, 1.807) is 0 Å². The van der Waals surface area contributed by atoms with Gasteiger partial charge in [-0.1, -0.05) is 17.7 Å². The molecule has 0 aliphatic carbocycles. The van der Waals surface area contributed by atoms with Gasteiger partial charge in [0.1, 0.15) is 0 Å². The van der Waals surface area contributed by atoms with Crippen molar-refractivity contribution in [2.24, 2.45) is 5.92 Å². The molecular formula is C15H24ClN3. The molecule has 0 radical (unpaired) electrons. The number of nitrogen functional groups attached to an aromatic ring is 1. The van der Waals surface area contributed by atoms with E-state index in [9.17, 15) is 0 Å². The molecule has 0 spiro atoms. The van der Waals surface area contributed by atoms with Crippen molar-refractivity contribution in [1.82, 2.24) is 9.80 Å². The zero-order valence-corrected chi connectivity index (χ0v) is 12.7. The van der Waals surface area contributed by atoms with Gasteiger partial charge in [0.25, 0.3) is 0 Å². The van der Waals surface area contributed by atoms with Crippen LogP contribution in [0.4, 0.5) is 5.69 Å². The third-order valence-corrected chi connectivity index (χ3v) is 4.15. The molecule has 1 aliphatic rings. The number of hydrogen-bond donors (Lipinski definition) is 1. The lowest BCUT2D eigenvalue weighted by atomic mass is 9.96. The van der Waals surface area contributed by atoms with Gasteiger partial charge in [-0.05, 0) is 63.6 Å². The van der Waals surface area contributed by atoms with E-state index in [4.69, 9.17) is 17.3 Å². The first-order valence-corrected chi connectivity index (χ1v) is 7.33. The maximum atomic E-state index is 6.23. The predicted molar refractivity (Wildman–Crippen MR) is 82.4 cm³/mol. The highest BCUT2D eigenvalue weighted by Gasteiger charge is 2.20. The zero-order valence-electron chi connectivity index (χ0n) is 11.9. The zero-order chi connectivity index (χ0) is 13.8. The number of hydrogen-bond acceptors (Lipinski definition) is 3. The van der Waals surface area contributed by atoms with Crippen molar-refractivity contribution in [3.05, 3.63) is 28.8 Å². The predicted octanol–water partition coefficient (Wildman–Crippen LogP) is 2.70. The van der Waals surface area contributed by atoms with E-state index < -0.39 is 0 Å². The molecule has 2 rings (SSSR count). The fourth-order valence-electron chi connectivity index (χ4n) is 2.78. The van der Waals surface area contributed by atoms with E-state index in [1.807, 2.05) is 18.2 Å². The van der Waals surface area contributed by atoms with Crippen molar-refractivity contribution >= 4 is 17.3 Å². The van der Waals surface area contributed by atoms with Crippen molar-refractivity contribution in [3.63, 3.8) is 0 Å². The topological polar surface area (TPSA) is 32.5 Å². The normalized spacial score (nSPS) is 18.1. The molecule has 0 unspecified atom stereocenters. The van der Waals surface area contributed by atoms with Crippen LogP contribution in [0.5, 0.6) is 0 Å². The molecule has 0 atom stereocenters. The average molecular weight is 282 g/mol. The molecule has 1 aliphatic heterocycles. The van der Waals surface area contributed by atoms with Gasteiger partial charge < -0.3 is 10.6 Å². The van der Waals surface area contributed by atoms with Crippen LogP contribution in [0.2, 0.25) is 5.02 Å². The number of nitrogens with zero attached hydrogens (tertiary/aromatic N) is 2. The highest BCUT2D eigenvalue weighted by atomic mass is 35.5. The van der Waals surface area contributed by atoms with E-state index >= 15 is 0 Å². The van der Waals surface area contributed by atoms with Gasteiger partial charge in [0.15, 0.2) is 0 Å². The van der Waals surface area contributed by atoms with Crippen LogP contribution >= 0.6 is 11.6 Å². The van der Waals surface area contributed by atoms with Gasteiger partial charge in [-0.3, -0.25) is 4.90 Å². The highest BCUT2D eigenvalue weighted by molar-refractivity contribution is 6.31. The minimum absolute atomic E-state index is 0.735. The monoisotopic (exact) mass is 281 g/mol. The smallest absolute Gasteiger partial charge is 0.0471 e. The summed E-state index contributed by atoms with van der Waals surface area (Å²) in [6, 6.07) is 5.82. The summed E-state index contributed by atoms with van der Waals surface area (Å²) >= 11 is 6.23. The van der Waals surface area contributed by atoms with Gasteiger partial charge in [0, 0.05) is 23.8 Å². The third-order valence-electron chi connectivity index (χ3n) is 3.80. The van der Waals surface area contributed by atoms with Crippen LogP contribution in [0.15, 0.2) is 18.2 Å². The summed E-state index contributed by atoms with van der Waals surface area (Å²) in [5.41, 5.74) is 7.64. The van der Waals surface area contributed by atoms with Crippen molar-refractivity contribution in [2.45, 2.75) is 19.4 Å². The minimum atomic E-state index is 0.735. The second kappa shape index (κ2) is 6.60. The van der Waals surface area contributed by atoms with Crippen LogP contribution in [0.1, 0.15) is 18.4 Å². The first-order valence-electron chi connectivity index (χ1n) is 6.95. The summed E-state index contributed by atoms with van der Waals surface area (Å²) in [5, 5.41) is 0.787. The molecule has 1 saturated heterocycles. The molecule has 106 valence electrons. The fourth-order valence-corrected chi connectivity index (χ4v) is 3.02. The summed E-state index contributed by atoms with van der Waals surface area (Å²) < 4.78 is 0. The average Bonchev–Trinajstić information content (AvgIpc) is 2.34. The Morgan fingerprint density at radius 3 is 2.58 bits per heavy atom. The maximum absolute atomic E-state index is 6.23. The van der Waals surface area contributed by atoms with Crippen LogP contribution in [0.25, 0.3) is 0 Å². The molecule has 0 amide bonds. The van der Waals surface area contributed by atoms with Gasteiger partial charge in [0.2, 0.25) is 0 Å². The second-order valence-electron chi connectivity index (χ2n) is 5.83. The van der Waals surface area contributed by atoms with Gasteiger partial charge >= 0.3 is 0 Å². The minimum Gasteiger partial charge on any atom is -0.399 e. The van der Waals surface area contributed by atoms with Crippen LogP contribution in [-0.4, -0.2) is 43.5 Å². The SMILES string of the molecule is CN(C)CC1CCN(Cc2ccc(N)cc2Cl)CC1. The molecule has 1 fully saturated rings. The van der Waals surface area contributed by atoms with Crippen LogP contribution in [0, 0.1) is 5.92 Å². The first kappa shape index (κ1) is 14.6. The Morgan fingerprint density at radius 1 is 1.32 bits per heavy atom. The number of rotatable bonds is 4. The van der Waals surface area contributed by atoms with Crippen LogP contribution in [-0.2, 0) is 6.54 Å². The Bertz CT molecular complexity index is 412. The van der Waals surface area contributed by atoms with Gasteiger partial charge in [0.05, 0.1) is 0 Å². The summed E-state index contributed by atoms with van der Waals surface area (Å²) in [4.78, 5) is 4.78. The number of halogens is 1. The van der Waals surface area contributed by atoms with Crippen LogP contribution < -0.4 is 5.73 Å². The van der Waals surface area contributed by atoms with Crippen molar-refractivity contribution in [1.29, 1.82) is 0 Å². The second-order valence-corrected chi connectivity index (χ2v) is 6.24. The van der Waals surface area contributed by atoms with E-state index in [0.717, 1.165) is 23.2 Å². The Hall–Kier alpha value is -0.770. The number of nitrogens with two attached hydrogens (primary N) is 1. The Kier molecular flexibility index (Phi) is 5.08. The van der Waals surface area contributed by atoms with Crippen molar-refractivity contribution in [2.75, 3.05) is 39.5 Å². The molecule has 0 bridgehead atoms. The molecule has 2 N–H and O–H groups in total. The molecule has 1 aromatic rings. The number of benzene rings is 1. The van der Waals surface area contributed by atoms with E-state index in [2.05, 4.69) is 23.9 Å². The highest BCUT2D eigenvalue weighted by Crippen LogP contribution is 2.24. The molecule has 4 heteroatoms. The Labute approximate surface area is 121 Å². The van der Waals surface area contributed by atoms with Gasteiger partial charge in [-0.25, -0.2) is 0 Å². The van der Waals surface area contributed by atoms with Gasteiger partial charge in [-0.15, -0.1) is 0 Å². The quantitative estimate of drug-likeness (QED) is 0.862. The fraction of sp³-hybridized carbons (Fsp3) is 0.600. The molecule has 1 heterocycles. The molecule has 1 aromatic carbocycles. The van der Waals surface area contributed by atoms with Crippen LogP contribution in [0.3, 0.4) is 0 Å². The van der Waals surface area contributed by atoms with Gasteiger partial charge in [-0.2, -0.15) is 0 Å². The van der Waals surface area contributed by atoms with E-state index in [-0.39, 0.29) is 0 Å². The Balaban J connectivity index is 1.85. The molecule has 3 nitrogen and oxygen atoms in total. The lowest BCUT2D eigenvalue weighted by Gasteiger charge is -2.33. The largest absolute Gasteiger partial charge is 0.399 e. The van der Waals surface area contributed by atoms with Crippen molar-refractivity contribution < 1.29 is 0 Å². The number of likely N-dealkylation sites (tertiary alicyclic amines) is 1. The van der Waals surface area contributed by atoms with Crippen molar-refractivity contribution in [3.8, 4) is 0 Å². The molecule has 19 heavy (non-hydrogen) atoms. The molecule has 0 saturated carbocycles. The number of anilines is 1. The summed E-state index contributed by atoms with van der Waals surface area (Å²) in [7, 11) is 4.31. The summed E-state index contributed by atoms with van der Waals surface area (Å²) in [6.07, 6.45) is 2.57. The Morgan fingerprint density at radius 2 is 2.00 bits per heavy atom. The standard InChI is InChI=1S/C15H24ClN3/c1-18(2)10-12-5-7-19(8-6-12)11-13-3-4-14(17)9-15(13)16/h3-4,9,12H,5-8,10-11,17H2,1-2H3. The number of piperidine rings is 1. The molecule has 0 aromatic heterocycles. The summed E-state index contributed by atoms with van der Waals surface area (Å²) in [5.74, 6) is 0.841. The third kappa shape index (κ3) is 4.37. The van der Waals surface area contributed by atoms with E-state index in [0.29, 0.717) is 0 Å². The lowest BCUT2D eigenvalue weighted by molar-refractivity contribution is 0.157. The summed E-state index contributed by atoms with van der Waals surface area (Å²) in [6.45, 7) is 4.47. The van der Waals surface area contributed by atoms with E-state index in [1.165, 1.54) is 38.0 Å². The maximum Gasteiger partial charge on any atom is 0.0471 e. The first-order chi connectivity index (χ1) is 9.04. The lowest BCUT2D eigenvalue weighted by Crippen LogP contribution is -2.36.